The zero-order valence-electron chi connectivity index (χ0n) is 11.2. The molecule has 0 spiro atoms. The highest BCUT2D eigenvalue weighted by molar-refractivity contribution is 5.76. The molecule has 1 aromatic heterocycles. The fraction of sp³-hybridized carbons (Fsp3) is 0.533. The quantitative estimate of drug-likeness (QED) is 0.879. The number of hydrogen-bond acceptors (Lipinski definition) is 2. The number of nitrogens with zero attached hydrogens (tertiary/aromatic N) is 2. The molecule has 1 fully saturated rings. The monoisotopic (exact) mass is 243 g/mol. The zero-order valence-corrected chi connectivity index (χ0v) is 11.2. The minimum absolute atomic E-state index is 0.722. The molecular weight excluding hydrogens is 222 g/mol. The van der Waals surface area contributed by atoms with Gasteiger partial charge in [0.25, 0.3) is 0 Å². The lowest BCUT2D eigenvalue weighted by molar-refractivity contribution is 0.359. The average molecular weight is 243 g/mol. The van der Waals surface area contributed by atoms with Crippen LogP contribution >= 0.6 is 0 Å². The first-order valence-electron chi connectivity index (χ1n) is 6.86. The van der Waals surface area contributed by atoms with E-state index in [9.17, 15) is 0 Å². The predicted octanol–water partition coefficient (Wildman–Crippen LogP) is 2.82. The Bertz CT molecular complexity index is 536. The number of hydrogen-bond donors (Lipinski definition) is 1. The summed E-state index contributed by atoms with van der Waals surface area (Å²) in [5.74, 6) is 0.723. The van der Waals surface area contributed by atoms with E-state index in [4.69, 9.17) is 0 Å². The van der Waals surface area contributed by atoms with Crippen molar-refractivity contribution in [3.63, 3.8) is 0 Å². The number of aromatic nitrogens is 2. The van der Waals surface area contributed by atoms with Crippen molar-refractivity contribution >= 4 is 11.0 Å². The van der Waals surface area contributed by atoms with Gasteiger partial charge >= 0.3 is 0 Å². The molecule has 0 saturated heterocycles. The van der Waals surface area contributed by atoms with Crippen LogP contribution in [0.4, 0.5) is 0 Å². The van der Waals surface area contributed by atoms with Crippen LogP contribution < -0.4 is 5.32 Å². The molecule has 0 radical (unpaired) electrons. The normalized spacial score (nSPS) is 24.6. The molecule has 96 valence electrons. The van der Waals surface area contributed by atoms with Gasteiger partial charge in [-0.1, -0.05) is 6.07 Å². The summed E-state index contributed by atoms with van der Waals surface area (Å²) < 4.78 is 2.08. The largest absolute Gasteiger partial charge is 0.334 e. The first kappa shape index (κ1) is 11.7. The Balaban J connectivity index is 1.82. The number of benzene rings is 1. The lowest BCUT2D eigenvalue weighted by atomic mass is 9.82. The van der Waals surface area contributed by atoms with Crippen LogP contribution in [0, 0.1) is 0 Å². The van der Waals surface area contributed by atoms with Gasteiger partial charge in [-0.25, -0.2) is 4.98 Å². The molecule has 3 heteroatoms. The van der Waals surface area contributed by atoms with E-state index in [-0.39, 0.29) is 0 Å². The van der Waals surface area contributed by atoms with Gasteiger partial charge in [0, 0.05) is 13.1 Å². The maximum absolute atomic E-state index is 4.46. The summed E-state index contributed by atoms with van der Waals surface area (Å²) >= 11 is 0. The molecule has 0 unspecified atom stereocenters. The Morgan fingerprint density at radius 1 is 1.22 bits per heavy atom. The van der Waals surface area contributed by atoms with Crippen molar-refractivity contribution in [2.75, 3.05) is 7.05 Å². The van der Waals surface area contributed by atoms with Crippen molar-refractivity contribution in [2.24, 2.45) is 7.05 Å². The summed E-state index contributed by atoms with van der Waals surface area (Å²) in [4.78, 5) is 4.46. The number of fused-ring (bicyclic) bond motifs is 1. The van der Waals surface area contributed by atoms with Gasteiger partial charge < -0.3 is 9.88 Å². The molecule has 1 saturated carbocycles. The van der Waals surface area contributed by atoms with Gasteiger partial charge in [0.15, 0.2) is 0 Å². The van der Waals surface area contributed by atoms with E-state index in [1.165, 1.54) is 36.8 Å². The Morgan fingerprint density at radius 2 is 2.00 bits per heavy atom. The molecule has 3 rings (SSSR count). The number of imidazole rings is 1. The fourth-order valence-electron chi connectivity index (χ4n) is 3.12. The third-order valence-electron chi connectivity index (χ3n) is 4.36. The maximum atomic E-state index is 4.46. The second-order valence-corrected chi connectivity index (χ2v) is 5.44. The van der Waals surface area contributed by atoms with Gasteiger partial charge in [0.05, 0.1) is 17.4 Å². The van der Waals surface area contributed by atoms with Crippen molar-refractivity contribution in [3.8, 4) is 0 Å². The minimum Gasteiger partial charge on any atom is -0.334 e. The van der Waals surface area contributed by atoms with E-state index in [1.54, 1.807) is 0 Å². The van der Waals surface area contributed by atoms with Crippen LogP contribution in [-0.2, 0) is 7.05 Å². The van der Waals surface area contributed by atoms with E-state index in [0.29, 0.717) is 0 Å². The Kier molecular flexibility index (Phi) is 3.08. The van der Waals surface area contributed by atoms with Gasteiger partial charge in [0.2, 0.25) is 0 Å². The summed E-state index contributed by atoms with van der Waals surface area (Å²) in [6, 6.07) is 7.50. The average Bonchev–Trinajstić information content (AvgIpc) is 2.80. The predicted molar refractivity (Wildman–Crippen MR) is 74.8 cm³/mol. The van der Waals surface area contributed by atoms with Gasteiger partial charge in [-0.3, -0.25) is 0 Å². The summed E-state index contributed by atoms with van der Waals surface area (Å²) in [6.07, 6.45) is 7.07. The van der Waals surface area contributed by atoms with Gasteiger partial charge in [-0.05, 0) is 56.3 Å². The van der Waals surface area contributed by atoms with Crippen LogP contribution in [0.25, 0.3) is 11.0 Å². The molecule has 18 heavy (non-hydrogen) atoms. The van der Waals surface area contributed by atoms with E-state index in [1.807, 2.05) is 13.4 Å². The lowest BCUT2D eigenvalue weighted by Gasteiger charge is -2.28. The van der Waals surface area contributed by atoms with Crippen molar-refractivity contribution in [2.45, 2.75) is 37.6 Å². The van der Waals surface area contributed by atoms with Crippen LogP contribution in [0.1, 0.15) is 37.2 Å². The molecular formula is C15H21N3. The second-order valence-electron chi connectivity index (χ2n) is 5.44. The highest BCUT2D eigenvalue weighted by atomic mass is 15.0. The van der Waals surface area contributed by atoms with E-state index < -0.39 is 0 Å². The number of nitrogens with one attached hydrogen (secondary N) is 1. The standard InChI is InChI=1S/C15H21N3/c1-16-13-6-3-11(4-7-13)12-5-8-15-14(9-12)17-10-18(15)2/h5,8-11,13,16H,3-4,6-7H2,1-2H3. The SMILES string of the molecule is CNC1CCC(c2ccc3c(c2)ncn3C)CC1. The highest BCUT2D eigenvalue weighted by Gasteiger charge is 2.21. The Labute approximate surface area is 108 Å². The van der Waals surface area contributed by atoms with Gasteiger partial charge in [-0.15, -0.1) is 0 Å². The van der Waals surface area contributed by atoms with Crippen molar-refractivity contribution in [3.05, 3.63) is 30.1 Å². The Morgan fingerprint density at radius 3 is 2.72 bits per heavy atom. The molecule has 3 nitrogen and oxygen atoms in total. The van der Waals surface area contributed by atoms with Crippen molar-refractivity contribution in [1.29, 1.82) is 0 Å². The van der Waals surface area contributed by atoms with E-state index in [2.05, 4.69) is 40.1 Å². The van der Waals surface area contributed by atoms with E-state index >= 15 is 0 Å². The molecule has 1 aliphatic rings. The van der Waals surface area contributed by atoms with Gasteiger partial charge in [-0.2, -0.15) is 0 Å². The van der Waals surface area contributed by atoms with Gasteiger partial charge in [0.1, 0.15) is 0 Å². The fourth-order valence-corrected chi connectivity index (χ4v) is 3.12. The van der Waals surface area contributed by atoms with Crippen molar-refractivity contribution < 1.29 is 0 Å². The maximum Gasteiger partial charge on any atom is 0.0955 e. The minimum atomic E-state index is 0.722. The smallest absolute Gasteiger partial charge is 0.0955 e. The first-order valence-corrected chi connectivity index (χ1v) is 6.86. The number of aryl methyl sites for hydroxylation is 1. The van der Waals surface area contributed by atoms with Crippen LogP contribution in [0.5, 0.6) is 0 Å². The molecule has 1 aromatic carbocycles. The summed E-state index contributed by atoms with van der Waals surface area (Å²) in [5, 5.41) is 3.39. The highest BCUT2D eigenvalue weighted by Crippen LogP contribution is 2.33. The summed E-state index contributed by atoms with van der Waals surface area (Å²) in [5.41, 5.74) is 3.82. The summed E-state index contributed by atoms with van der Waals surface area (Å²) in [7, 11) is 4.12. The third-order valence-corrected chi connectivity index (χ3v) is 4.36. The molecule has 1 N–H and O–H groups in total. The molecule has 0 atom stereocenters. The molecule has 0 amide bonds. The molecule has 1 heterocycles. The summed E-state index contributed by atoms with van der Waals surface area (Å²) in [6.45, 7) is 0. The van der Waals surface area contributed by atoms with Crippen LogP contribution in [0.3, 0.4) is 0 Å². The zero-order chi connectivity index (χ0) is 12.5. The Hall–Kier alpha value is -1.35. The molecule has 2 aromatic rings. The molecule has 1 aliphatic carbocycles. The van der Waals surface area contributed by atoms with Crippen molar-refractivity contribution in [1.82, 2.24) is 14.9 Å². The van der Waals surface area contributed by atoms with Crippen LogP contribution in [-0.4, -0.2) is 22.6 Å². The second kappa shape index (κ2) is 4.73. The number of rotatable bonds is 2. The molecule has 0 bridgehead atoms. The topological polar surface area (TPSA) is 29.9 Å². The lowest BCUT2D eigenvalue weighted by Crippen LogP contribution is -2.29. The van der Waals surface area contributed by atoms with Crippen LogP contribution in [0.15, 0.2) is 24.5 Å². The molecule has 0 aliphatic heterocycles. The third kappa shape index (κ3) is 2.03. The first-order chi connectivity index (χ1) is 8.78. The van der Waals surface area contributed by atoms with Crippen LogP contribution in [0.2, 0.25) is 0 Å². The van der Waals surface area contributed by atoms with E-state index in [0.717, 1.165) is 17.5 Å².